The van der Waals surface area contributed by atoms with Crippen molar-refractivity contribution in [3.63, 3.8) is 0 Å². The fourth-order valence-corrected chi connectivity index (χ4v) is 1.99. The van der Waals surface area contributed by atoms with Gasteiger partial charge in [-0.05, 0) is 36.8 Å². The third-order valence-corrected chi connectivity index (χ3v) is 3.44. The van der Waals surface area contributed by atoms with Crippen molar-refractivity contribution in [3.05, 3.63) is 54.0 Å². The molecule has 1 aromatic carbocycles. The number of benzene rings is 1. The van der Waals surface area contributed by atoms with Crippen LogP contribution >= 0.6 is 0 Å². The highest BCUT2D eigenvalue weighted by Crippen LogP contribution is 2.10. The highest BCUT2D eigenvalue weighted by atomic mass is 16.5. The summed E-state index contributed by atoms with van der Waals surface area (Å²) in [6.07, 6.45) is 1.35. The molecule has 2 amide bonds. The Kier molecular flexibility index (Phi) is 6.78. The first-order valence-corrected chi connectivity index (χ1v) is 7.90. The molecule has 8 nitrogen and oxygen atoms in total. The zero-order valence-corrected chi connectivity index (χ0v) is 14.5. The third kappa shape index (κ3) is 5.66. The van der Waals surface area contributed by atoms with E-state index in [1.807, 2.05) is 12.1 Å². The van der Waals surface area contributed by atoms with Crippen molar-refractivity contribution in [1.82, 2.24) is 10.6 Å². The first kappa shape index (κ1) is 19.0. The predicted octanol–water partition coefficient (Wildman–Crippen LogP) is 1.27. The topological polar surface area (TPSA) is 107 Å². The van der Waals surface area contributed by atoms with Crippen molar-refractivity contribution in [2.45, 2.75) is 19.5 Å². The van der Waals surface area contributed by atoms with Gasteiger partial charge in [0.2, 0.25) is 0 Å². The second kappa shape index (κ2) is 9.26. The SMILES string of the molecule is COc1ccc(CNC(=O)COC(=O)[C@H](C)NC(=O)c2ccco2)cc1. The van der Waals surface area contributed by atoms with Crippen LogP contribution in [0.3, 0.4) is 0 Å². The van der Waals surface area contributed by atoms with Crippen LogP contribution in [0, 0.1) is 0 Å². The average Bonchev–Trinajstić information content (AvgIpc) is 3.19. The van der Waals surface area contributed by atoms with Crippen molar-refractivity contribution < 1.29 is 28.3 Å². The van der Waals surface area contributed by atoms with E-state index < -0.39 is 30.4 Å². The molecular weight excluding hydrogens is 340 g/mol. The van der Waals surface area contributed by atoms with Crippen LogP contribution in [0.15, 0.2) is 47.1 Å². The van der Waals surface area contributed by atoms with Gasteiger partial charge < -0.3 is 24.5 Å². The summed E-state index contributed by atoms with van der Waals surface area (Å²) in [5.41, 5.74) is 0.879. The van der Waals surface area contributed by atoms with Crippen LogP contribution < -0.4 is 15.4 Å². The standard InChI is InChI=1S/C18H20N2O6/c1-12(20-17(22)15-4-3-9-25-15)18(23)26-11-16(21)19-10-13-5-7-14(24-2)8-6-13/h3-9,12H,10-11H2,1-2H3,(H,19,21)(H,20,22)/t12-/m0/s1. The minimum Gasteiger partial charge on any atom is -0.497 e. The van der Waals surface area contributed by atoms with Gasteiger partial charge in [0, 0.05) is 6.54 Å². The van der Waals surface area contributed by atoms with Crippen LogP contribution in [-0.2, 0) is 20.9 Å². The van der Waals surface area contributed by atoms with Gasteiger partial charge in [-0.1, -0.05) is 12.1 Å². The van der Waals surface area contributed by atoms with Crippen molar-refractivity contribution in [3.8, 4) is 5.75 Å². The quantitative estimate of drug-likeness (QED) is 0.687. The molecule has 0 unspecified atom stereocenters. The molecule has 0 bridgehead atoms. The van der Waals surface area contributed by atoms with Crippen LogP contribution in [-0.4, -0.2) is 37.5 Å². The first-order chi connectivity index (χ1) is 12.5. The molecule has 0 aliphatic heterocycles. The second-order valence-corrected chi connectivity index (χ2v) is 5.40. The van der Waals surface area contributed by atoms with E-state index >= 15 is 0 Å². The van der Waals surface area contributed by atoms with Gasteiger partial charge in [0.25, 0.3) is 11.8 Å². The lowest BCUT2D eigenvalue weighted by atomic mass is 10.2. The largest absolute Gasteiger partial charge is 0.497 e. The van der Waals surface area contributed by atoms with E-state index in [0.29, 0.717) is 6.54 Å². The maximum atomic E-state index is 11.8. The van der Waals surface area contributed by atoms with E-state index in [2.05, 4.69) is 10.6 Å². The molecule has 0 spiro atoms. The molecule has 0 radical (unpaired) electrons. The lowest BCUT2D eigenvalue weighted by molar-refractivity contribution is -0.150. The number of carbonyl (C=O) groups excluding carboxylic acids is 3. The van der Waals surface area contributed by atoms with E-state index in [9.17, 15) is 14.4 Å². The molecule has 1 aromatic heterocycles. The summed E-state index contributed by atoms with van der Waals surface area (Å²) in [5, 5.41) is 5.06. The smallest absolute Gasteiger partial charge is 0.328 e. The Balaban J connectivity index is 1.70. The molecule has 1 heterocycles. The van der Waals surface area contributed by atoms with E-state index in [0.717, 1.165) is 11.3 Å². The summed E-state index contributed by atoms with van der Waals surface area (Å²) < 4.78 is 14.9. The fourth-order valence-electron chi connectivity index (χ4n) is 1.99. The number of nitrogens with one attached hydrogen (secondary N) is 2. The minimum atomic E-state index is -0.915. The molecule has 0 aliphatic rings. The lowest BCUT2D eigenvalue weighted by Crippen LogP contribution is -2.40. The number of amides is 2. The number of carbonyl (C=O) groups is 3. The van der Waals surface area contributed by atoms with Gasteiger partial charge in [-0.15, -0.1) is 0 Å². The molecule has 0 aliphatic carbocycles. The molecule has 26 heavy (non-hydrogen) atoms. The number of methoxy groups -OCH3 is 1. The zero-order chi connectivity index (χ0) is 18.9. The number of hydrogen-bond donors (Lipinski definition) is 2. The minimum absolute atomic E-state index is 0.0851. The van der Waals surface area contributed by atoms with Gasteiger partial charge in [0.1, 0.15) is 11.8 Å². The highest BCUT2D eigenvalue weighted by Gasteiger charge is 2.20. The third-order valence-electron chi connectivity index (χ3n) is 3.44. The normalized spacial score (nSPS) is 11.3. The molecule has 8 heteroatoms. The summed E-state index contributed by atoms with van der Waals surface area (Å²) in [5.74, 6) is -0.895. The van der Waals surface area contributed by atoms with E-state index in [1.54, 1.807) is 25.3 Å². The summed E-state index contributed by atoms with van der Waals surface area (Å²) in [6.45, 7) is 1.32. The number of hydrogen-bond acceptors (Lipinski definition) is 6. The zero-order valence-electron chi connectivity index (χ0n) is 14.5. The van der Waals surface area contributed by atoms with E-state index in [-0.39, 0.29) is 5.76 Å². The molecule has 0 saturated heterocycles. The molecule has 1 atom stereocenters. The fraction of sp³-hybridized carbons (Fsp3) is 0.278. The summed E-state index contributed by atoms with van der Waals surface area (Å²) >= 11 is 0. The van der Waals surface area contributed by atoms with Crippen LogP contribution in [0.4, 0.5) is 0 Å². The van der Waals surface area contributed by atoms with E-state index in [1.165, 1.54) is 19.3 Å². The van der Waals surface area contributed by atoms with Gasteiger partial charge in [-0.3, -0.25) is 9.59 Å². The average molecular weight is 360 g/mol. The molecule has 2 N–H and O–H groups in total. The van der Waals surface area contributed by atoms with Crippen molar-refractivity contribution in [1.29, 1.82) is 0 Å². The number of rotatable bonds is 8. The maximum Gasteiger partial charge on any atom is 0.328 e. The summed E-state index contributed by atoms with van der Waals surface area (Å²) in [6, 6.07) is 9.32. The molecule has 2 rings (SSSR count). The van der Waals surface area contributed by atoms with Crippen LogP contribution in [0.1, 0.15) is 23.0 Å². The molecule has 0 saturated carbocycles. The van der Waals surface area contributed by atoms with Crippen molar-refractivity contribution >= 4 is 17.8 Å². The van der Waals surface area contributed by atoms with Gasteiger partial charge >= 0.3 is 5.97 Å². The van der Waals surface area contributed by atoms with Gasteiger partial charge in [-0.25, -0.2) is 4.79 Å². The number of furan rings is 1. The van der Waals surface area contributed by atoms with Gasteiger partial charge in [0.05, 0.1) is 13.4 Å². The second-order valence-electron chi connectivity index (χ2n) is 5.40. The van der Waals surface area contributed by atoms with Crippen LogP contribution in [0.2, 0.25) is 0 Å². The molecular formula is C18H20N2O6. The number of esters is 1. The van der Waals surface area contributed by atoms with Gasteiger partial charge in [-0.2, -0.15) is 0 Å². The Bertz CT molecular complexity index is 740. The Labute approximate surface area is 150 Å². The van der Waals surface area contributed by atoms with Crippen molar-refractivity contribution in [2.24, 2.45) is 0 Å². The Hall–Kier alpha value is -3.29. The van der Waals surface area contributed by atoms with Crippen LogP contribution in [0.25, 0.3) is 0 Å². The summed E-state index contributed by atoms with van der Waals surface area (Å²) in [4.78, 5) is 35.4. The molecule has 138 valence electrons. The Morgan fingerprint density at radius 3 is 2.50 bits per heavy atom. The monoisotopic (exact) mass is 360 g/mol. The highest BCUT2D eigenvalue weighted by molar-refractivity contribution is 5.94. The van der Waals surface area contributed by atoms with Gasteiger partial charge in [0.15, 0.2) is 12.4 Å². The Morgan fingerprint density at radius 2 is 1.88 bits per heavy atom. The molecule has 2 aromatic rings. The molecule has 0 fully saturated rings. The summed E-state index contributed by atoms with van der Waals surface area (Å²) in [7, 11) is 1.57. The Morgan fingerprint density at radius 1 is 1.15 bits per heavy atom. The maximum absolute atomic E-state index is 11.8. The van der Waals surface area contributed by atoms with E-state index in [4.69, 9.17) is 13.9 Å². The van der Waals surface area contributed by atoms with Crippen molar-refractivity contribution in [2.75, 3.05) is 13.7 Å². The predicted molar refractivity (Wildman–Crippen MR) is 91.4 cm³/mol. The first-order valence-electron chi connectivity index (χ1n) is 7.90. The number of ether oxygens (including phenoxy) is 2. The lowest BCUT2D eigenvalue weighted by Gasteiger charge is -2.12. The van der Waals surface area contributed by atoms with Crippen LogP contribution in [0.5, 0.6) is 5.75 Å².